The Hall–Kier alpha value is -2.37. The average Bonchev–Trinajstić information content (AvgIpc) is 2.48. The van der Waals surface area contributed by atoms with Gasteiger partial charge in [0.05, 0.1) is 12.3 Å². The average molecular weight is 305 g/mol. The number of nitrogens with one attached hydrogen (secondary N) is 2. The second-order valence-corrected chi connectivity index (χ2v) is 5.22. The maximum absolute atomic E-state index is 11.5. The van der Waals surface area contributed by atoms with E-state index in [4.69, 9.17) is 4.74 Å². The van der Waals surface area contributed by atoms with E-state index in [1.54, 1.807) is 0 Å². The number of rotatable bonds is 6. The molecule has 1 rings (SSSR count). The van der Waals surface area contributed by atoms with Gasteiger partial charge in [-0.05, 0) is 57.0 Å². The molecule has 1 atom stereocenters. The molecule has 0 heterocycles. The van der Waals surface area contributed by atoms with Gasteiger partial charge in [0.25, 0.3) is 0 Å². The van der Waals surface area contributed by atoms with Crippen LogP contribution in [0.3, 0.4) is 0 Å². The highest BCUT2D eigenvalue weighted by Gasteiger charge is 2.14. The first kappa shape index (κ1) is 17.7. The minimum Gasteiger partial charge on any atom is -0.491 e. The van der Waals surface area contributed by atoms with Crippen molar-refractivity contribution in [3.05, 3.63) is 29.8 Å². The van der Waals surface area contributed by atoms with Gasteiger partial charge in [-0.1, -0.05) is 6.92 Å². The summed E-state index contributed by atoms with van der Waals surface area (Å²) in [5.41, 5.74) is 2.98. The van der Waals surface area contributed by atoms with Gasteiger partial charge in [0.15, 0.2) is 0 Å². The van der Waals surface area contributed by atoms with Gasteiger partial charge in [0.1, 0.15) is 5.75 Å². The number of hydrazone groups is 1. The molecule has 0 saturated carbocycles. The predicted molar refractivity (Wildman–Crippen MR) is 85.8 cm³/mol. The molecule has 6 heteroatoms. The highest BCUT2D eigenvalue weighted by molar-refractivity contribution is 6.35. The molecule has 22 heavy (non-hydrogen) atoms. The molecule has 0 aliphatic rings. The Morgan fingerprint density at radius 2 is 1.82 bits per heavy atom. The second kappa shape index (κ2) is 8.81. The molecular weight excluding hydrogens is 282 g/mol. The summed E-state index contributed by atoms with van der Waals surface area (Å²) in [6, 6.07) is 7.22. The molecule has 2 amide bonds. The fourth-order valence-corrected chi connectivity index (χ4v) is 1.51. The molecule has 0 radical (unpaired) electrons. The van der Waals surface area contributed by atoms with E-state index in [1.807, 2.05) is 52.0 Å². The summed E-state index contributed by atoms with van der Waals surface area (Å²) in [6.07, 6.45) is 2.34. The summed E-state index contributed by atoms with van der Waals surface area (Å²) < 4.78 is 5.52. The lowest BCUT2D eigenvalue weighted by molar-refractivity contribution is -0.139. The number of carbonyl (C=O) groups excluding carboxylic acids is 2. The Morgan fingerprint density at radius 3 is 2.36 bits per heavy atom. The summed E-state index contributed by atoms with van der Waals surface area (Å²) in [5.74, 6) is -0.701. The molecule has 6 nitrogen and oxygen atoms in total. The molecule has 0 bridgehead atoms. The fourth-order valence-electron chi connectivity index (χ4n) is 1.51. The van der Waals surface area contributed by atoms with E-state index in [0.717, 1.165) is 17.7 Å². The van der Waals surface area contributed by atoms with Crippen molar-refractivity contribution in [1.29, 1.82) is 0 Å². The van der Waals surface area contributed by atoms with Crippen LogP contribution in [0.1, 0.15) is 39.7 Å². The van der Waals surface area contributed by atoms with Crippen molar-refractivity contribution in [2.24, 2.45) is 5.10 Å². The molecule has 0 fully saturated rings. The van der Waals surface area contributed by atoms with E-state index in [1.165, 1.54) is 6.21 Å². The highest BCUT2D eigenvalue weighted by Crippen LogP contribution is 2.12. The van der Waals surface area contributed by atoms with Crippen molar-refractivity contribution in [3.8, 4) is 5.75 Å². The summed E-state index contributed by atoms with van der Waals surface area (Å²) in [7, 11) is 0. The van der Waals surface area contributed by atoms with Gasteiger partial charge in [0.2, 0.25) is 0 Å². The van der Waals surface area contributed by atoms with Crippen LogP contribution in [0.15, 0.2) is 29.4 Å². The molecule has 0 aliphatic carbocycles. The van der Waals surface area contributed by atoms with Crippen LogP contribution >= 0.6 is 0 Å². The van der Waals surface area contributed by atoms with E-state index in [9.17, 15) is 9.59 Å². The smallest absolute Gasteiger partial charge is 0.329 e. The van der Waals surface area contributed by atoms with E-state index in [0.29, 0.717) is 0 Å². The number of amides is 2. The third-order valence-electron chi connectivity index (χ3n) is 2.83. The van der Waals surface area contributed by atoms with Crippen LogP contribution in [-0.4, -0.2) is 30.2 Å². The zero-order chi connectivity index (χ0) is 16.5. The van der Waals surface area contributed by atoms with Crippen LogP contribution in [0.4, 0.5) is 0 Å². The number of hydrogen-bond acceptors (Lipinski definition) is 4. The van der Waals surface area contributed by atoms with Crippen molar-refractivity contribution in [2.75, 3.05) is 0 Å². The van der Waals surface area contributed by atoms with Crippen molar-refractivity contribution >= 4 is 18.0 Å². The monoisotopic (exact) mass is 305 g/mol. The predicted octanol–water partition coefficient (Wildman–Crippen LogP) is 1.84. The van der Waals surface area contributed by atoms with E-state index in [-0.39, 0.29) is 12.1 Å². The first-order valence-corrected chi connectivity index (χ1v) is 7.33. The van der Waals surface area contributed by atoms with E-state index < -0.39 is 11.8 Å². The van der Waals surface area contributed by atoms with Crippen molar-refractivity contribution in [1.82, 2.24) is 10.7 Å². The van der Waals surface area contributed by atoms with E-state index >= 15 is 0 Å². The Morgan fingerprint density at radius 1 is 1.18 bits per heavy atom. The topological polar surface area (TPSA) is 79.8 Å². The zero-order valence-electron chi connectivity index (χ0n) is 13.4. The van der Waals surface area contributed by atoms with Crippen molar-refractivity contribution in [2.45, 2.75) is 46.3 Å². The Balaban J connectivity index is 2.48. The van der Waals surface area contributed by atoms with Gasteiger partial charge in [0, 0.05) is 6.04 Å². The van der Waals surface area contributed by atoms with Crippen LogP contribution in [0.2, 0.25) is 0 Å². The third kappa shape index (κ3) is 6.39. The van der Waals surface area contributed by atoms with Gasteiger partial charge < -0.3 is 10.1 Å². The number of benzene rings is 1. The SMILES string of the molecule is CC[C@H](C)NC(=O)C(=O)N/N=C\c1ccc(OC(C)C)cc1. The molecule has 2 N–H and O–H groups in total. The Kier molecular flexibility index (Phi) is 7.08. The zero-order valence-corrected chi connectivity index (χ0v) is 13.4. The molecule has 0 aromatic heterocycles. The molecular formula is C16H23N3O3. The molecule has 0 saturated heterocycles. The quantitative estimate of drug-likeness (QED) is 0.478. The van der Waals surface area contributed by atoms with Gasteiger partial charge in [-0.25, -0.2) is 5.43 Å². The van der Waals surface area contributed by atoms with Gasteiger partial charge in [-0.3, -0.25) is 9.59 Å². The summed E-state index contributed by atoms with van der Waals surface area (Å²) in [5, 5.41) is 6.32. The van der Waals surface area contributed by atoms with Crippen LogP contribution in [0.5, 0.6) is 5.75 Å². The minimum absolute atomic E-state index is 0.0456. The van der Waals surface area contributed by atoms with Crippen LogP contribution < -0.4 is 15.5 Å². The summed E-state index contributed by atoms with van der Waals surface area (Å²) >= 11 is 0. The molecule has 1 aromatic carbocycles. The highest BCUT2D eigenvalue weighted by atomic mass is 16.5. The molecule has 0 unspecified atom stereocenters. The van der Waals surface area contributed by atoms with Gasteiger partial charge >= 0.3 is 11.8 Å². The maximum Gasteiger partial charge on any atom is 0.329 e. The van der Waals surface area contributed by atoms with Gasteiger partial charge in [-0.15, -0.1) is 0 Å². The number of ether oxygens (including phenoxy) is 1. The fraction of sp³-hybridized carbons (Fsp3) is 0.438. The van der Waals surface area contributed by atoms with E-state index in [2.05, 4.69) is 15.8 Å². The van der Waals surface area contributed by atoms with Crippen LogP contribution in [-0.2, 0) is 9.59 Å². The third-order valence-corrected chi connectivity index (χ3v) is 2.83. The molecule has 0 aliphatic heterocycles. The maximum atomic E-state index is 11.5. The van der Waals surface area contributed by atoms with Crippen LogP contribution in [0, 0.1) is 0 Å². The first-order chi connectivity index (χ1) is 10.4. The lowest BCUT2D eigenvalue weighted by Gasteiger charge is -2.09. The Labute approximate surface area is 130 Å². The van der Waals surface area contributed by atoms with Gasteiger partial charge in [-0.2, -0.15) is 5.10 Å². The number of nitrogens with zero attached hydrogens (tertiary/aromatic N) is 1. The largest absolute Gasteiger partial charge is 0.491 e. The lowest BCUT2D eigenvalue weighted by atomic mass is 10.2. The molecule has 120 valence electrons. The summed E-state index contributed by atoms with van der Waals surface area (Å²) in [6.45, 7) is 7.66. The number of hydrogen-bond donors (Lipinski definition) is 2. The van der Waals surface area contributed by atoms with Crippen molar-refractivity contribution < 1.29 is 14.3 Å². The normalized spacial score (nSPS) is 12.2. The second-order valence-electron chi connectivity index (χ2n) is 5.22. The standard InChI is InChI=1S/C16H23N3O3/c1-5-12(4)18-15(20)16(21)19-17-10-13-6-8-14(9-7-13)22-11(2)3/h6-12H,5H2,1-4H3,(H,18,20)(H,19,21)/b17-10-/t12-/m0/s1. The van der Waals surface area contributed by atoms with Crippen molar-refractivity contribution in [3.63, 3.8) is 0 Å². The minimum atomic E-state index is -0.781. The Bertz CT molecular complexity index is 524. The molecule has 0 spiro atoms. The first-order valence-electron chi connectivity index (χ1n) is 7.33. The summed E-state index contributed by atoms with van der Waals surface area (Å²) in [4.78, 5) is 23.0. The lowest BCUT2D eigenvalue weighted by Crippen LogP contribution is -2.41. The molecule has 1 aromatic rings. The van der Waals surface area contributed by atoms with Crippen LogP contribution in [0.25, 0.3) is 0 Å². The number of carbonyl (C=O) groups is 2.